The van der Waals surface area contributed by atoms with Crippen LogP contribution in [0.1, 0.15) is 18.2 Å². The minimum Gasteiger partial charge on any atom is -0.320 e. The molecule has 100 valence electrons. The van der Waals surface area contributed by atoms with Gasteiger partial charge in [0.15, 0.2) is 5.13 Å². The zero-order chi connectivity index (χ0) is 13.7. The van der Waals surface area contributed by atoms with Crippen LogP contribution in [0.3, 0.4) is 0 Å². The van der Waals surface area contributed by atoms with Crippen LogP contribution >= 0.6 is 11.3 Å². The van der Waals surface area contributed by atoms with Gasteiger partial charge in [-0.15, -0.1) is 11.3 Å². The largest absolute Gasteiger partial charge is 0.323 e. The highest BCUT2D eigenvalue weighted by atomic mass is 32.1. The smallest absolute Gasteiger partial charge is 0.320 e. The number of carbonyl (C=O) groups excluding carboxylic acids is 1. The summed E-state index contributed by atoms with van der Waals surface area (Å²) in [5.74, 6) is 0. The van der Waals surface area contributed by atoms with E-state index in [1.165, 1.54) is 11.3 Å². The third-order valence-electron chi connectivity index (χ3n) is 2.72. The van der Waals surface area contributed by atoms with Crippen LogP contribution in [0.25, 0.3) is 0 Å². The second-order valence-electron chi connectivity index (χ2n) is 4.22. The third kappa shape index (κ3) is 3.79. The second-order valence-corrected chi connectivity index (χ2v) is 5.08. The number of nitrogens with one attached hydrogen (secondary N) is 1. The van der Waals surface area contributed by atoms with Gasteiger partial charge in [-0.1, -0.05) is 30.3 Å². The molecule has 1 aromatic heterocycles. The van der Waals surface area contributed by atoms with Gasteiger partial charge in [0.05, 0.1) is 5.69 Å². The Labute approximate surface area is 117 Å². The molecule has 0 fully saturated rings. The SMILES string of the molecule is CCN(Cc1ccccc1)C(=O)Nc1nc(C)cs1. The number of urea groups is 1. The van der Waals surface area contributed by atoms with E-state index in [1.54, 1.807) is 4.90 Å². The molecule has 0 saturated heterocycles. The van der Waals surface area contributed by atoms with E-state index in [1.807, 2.05) is 49.6 Å². The number of nitrogens with zero attached hydrogens (tertiary/aromatic N) is 2. The quantitative estimate of drug-likeness (QED) is 0.928. The first-order valence-corrected chi connectivity index (χ1v) is 7.09. The first-order chi connectivity index (χ1) is 9.19. The van der Waals surface area contributed by atoms with Gasteiger partial charge in [-0.05, 0) is 19.4 Å². The fraction of sp³-hybridized carbons (Fsp3) is 0.286. The summed E-state index contributed by atoms with van der Waals surface area (Å²) < 4.78 is 0. The summed E-state index contributed by atoms with van der Waals surface area (Å²) in [7, 11) is 0. The van der Waals surface area contributed by atoms with Crippen molar-refractivity contribution in [3.05, 3.63) is 47.0 Å². The Hall–Kier alpha value is -1.88. The van der Waals surface area contributed by atoms with Crippen molar-refractivity contribution < 1.29 is 4.79 Å². The van der Waals surface area contributed by atoms with E-state index in [-0.39, 0.29) is 6.03 Å². The number of benzene rings is 1. The number of aryl methyl sites for hydroxylation is 1. The summed E-state index contributed by atoms with van der Waals surface area (Å²) in [5, 5.41) is 5.40. The van der Waals surface area contributed by atoms with Gasteiger partial charge >= 0.3 is 6.03 Å². The van der Waals surface area contributed by atoms with E-state index in [2.05, 4.69) is 10.3 Å². The van der Waals surface area contributed by atoms with Crippen LogP contribution in [-0.2, 0) is 6.54 Å². The van der Waals surface area contributed by atoms with Crippen molar-refractivity contribution in [2.24, 2.45) is 0 Å². The summed E-state index contributed by atoms with van der Waals surface area (Å²) in [5.41, 5.74) is 2.04. The lowest BCUT2D eigenvalue weighted by molar-refractivity contribution is 0.212. The topological polar surface area (TPSA) is 45.2 Å². The van der Waals surface area contributed by atoms with Gasteiger partial charge in [0, 0.05) is 18.5 Å². The summed E-state index contributed by atoms with van der Waals surface area (Å²) in [6, 6.07) is 9.85. The van der Waals surface area contributed by atoms with E-state index in [4.69, 9.17) is 0 Å². The molecule has 0 aliphatic rings. The van der Waals surface area contributed by atoms with Crippen molar-refractivity contribution in [2.45, 2.75) is 20.4 Å². The molecule has 2 aromatic rings. The van der Waals surface area contributed by atoms with Gasteiger partial charge in [-0.2, -0.15) is 0 Å². The molecule has 2 rings (SSSR count). The molecule has 2 amide bonds. The summed E-state index contributed by atoms with van der Waals surface area (Å²) >= 11 is 1.44. The molecular weight excluding hydrogens is 258 g/mol. The van der Waals surface area contributed by atoms with Crippen LogP contribution in [-0.4, -0.2) is 22.5 Å². The molecule has 0 spiro atoms. The van der Waals surface area contributed by atoms with Crippen LogP contribution in [0.15, 0.2) is 35.7 Å². The maximum Gasteiger partial charge on any atom is 0.323 e. The molecule has 1 N–H and O–H groups in total. The Balaban J connectivity index is 1.99. The molecule has 5 heteroatoms. The van der Waals surface area contributed by atoms with E-state index >= 15 is 0 Å². The molecule has 0 saturated carbocycles. The van der Waals surface area contributed by atoms with Crippen LogP contribution in [0, 0.1) is 6.92 Å². The van der Waals surface area contributed by atoms with Crippen molar-refractivity contribution in [1.29, 1.82) is 0 Å². The summed E-state index contributed by atoms with van der Waals surface area (Å²) in [6.45, 7) is 5.14. The molecule has 0 aliphatic heterocycles. The molecule has 1 heterocycles. The van der Waals surface area contributed by atoms with E-state index < -0.39 is 0 Å². The first kappa shape index (κ1) is 13.5. The van der Waals surface area contributed by atoms with Crippen LogP contribution in [0.5, 0.6) is 0 Å². The van der Waals surface area contributed by atoms with E-state index in [0.29, 0.717) is 18.2 Å². The minimum absolute atomic E-state index is 0.110. The van der Waals surface area contributed by atoms with Crippen molar-refractivity contribution >= 4 is 22.5 Å². The summed E-state index contributed by atoms with van der Waals surface area (Å²) in [6.07, 6.45) is 0. The molecule has 1 aromatic carbocycles. The molecule has 0 unspecified atom stereocenters. The monoisotopic (exact) mass is 275 g/mol. The van der Waals surface area contributed by atoms with Gasteiger partial charge in [0.1, 0.15) is 0 Å². The zero-order valence-corrected chi connectivity index (χ0v) is 11.9. The second kappa shape index (κ2) is 6.33. The van der Waals surface area contributed by atoms with Crippen molar-refractivity contribution in [3.63, 3.8) is 0 Å². The van der Waals surface area contributed by atoms with E-state index in [0.717, 1.165) is 11.3 Å². The van der Waals surface area contributed by atoms with Crippen molar-refractivity contribution in [2.75, 3.05) is 11.9 Å². The molecule has 19 heavy (non-hydrogen) atoms. The van der Waals surface area contributed by atoms with Gasteiger partial charge in [0.25, 0.3) is 0 Å². The average molecular weight is 275 g/mol. The predicted molar refractivity (Wildman–Crippen MR) is 78.4 cm³/mol. The lowest BCUT2D eigenvalue weighted by atomic mass is 10.2. The first-order valence-electron chi connectivity index (χ1n) is 6.21. The number of rotatable bonds is 4. The Bertz CT molecular complexity index is 539. The van der Waals surface area contributed by atoms with Crippen LogP contribution in [0.2, 0.25) is 0 Å². The fourth-order valence-corrected chi connectivity index (χ4v) is 2.39. The molecular formula is C14H17N3OS. The maximum absolute atomic E-state index is 12.1. The molecule has 0 bridgehead atoms. The third-order valence-corrected chi connectivity index (χ3v) is 3.59. The number of hydrogen-bond donors (Lipinski definition) is 1. The lowest BCUT2D eigenvalue weighted by Crippen LogP contribution is -2.34. The standard InChI is InChI=1S/C14H17N3OS/c1-3-17(9-12-7-5-4-6-8-12)14(18)16-13-15-11(2)10-19-13/h4-8,10H,3,9H2,1-2H3,(H,15,16,18). The number of thiazole rings is 1. The Morgan fingerprint density at radius 1 is 1.37 bits per heavy atom. The van der Waals surface area contributed by atoms with Gasteiger partial charge < -0.3 is 4.90 Å². The highest BCUT2D eigenvalue weighted by Gasteiger charge is 2.13. The Kier molecular flexibility index (Phi) is 4.52. The van der Waals surface area contributed by atoms with Gasteiger partial charge in [-0.3, -0.25) is 5.32 Å². The van der Waals surface area contributed by atoms with Crippen LogP contribution in [0.4, 0.5) is 9.93 Å². The molecule has 0 radical (unpaired) electrons. The number of anilines is 1. The van der Waals surface area contributed by atoms with Crippen molar-refractivity contribution in [3.8, 4) is 0 Å². The highest BCUT2D eigenvalue weighted by Crippen LogP contribution is 2.15. The van der Waals surface area contributed by atoms with E-state index in [9.17, 15) is 4.79 Å². The normalized spacial score (nSPS) is 10.2. The molecule has 0 atom stereocenters. The molecule has 4 nitrogen and oxygen atoms in total. The number of carbonyl (C=O) groups is 1. The fourth-order valence-electron chi connectivity index (χ4n) is 1.71. The Morgan fingerprint density at radius 2 is 2.11 bits per heavy atom. The number of amides is 2. The summed E-state index contributed by atoms with van der Waals surface area (Å²) in [4.78, 5) is 18.1. The van der Waals surface area contributed by atoms with Gasteiger partial charge in [-0.25, -0.2) is 9.78 Å². The van der Waals surface area contributed by atoms with Crippen LogP contribution < -0.4 is 5.32 Å². The van der Waals surface area contributed by atoms with Crippen molar-refractivity contribution in [1.82, 2.24) is 9.88 Å². The lowest BCUT2D eigenvalue weighted by Gasteiger charge is -2.20. The number of hydrogen-bond acceptors (Lipinski definition) is 3. The maximum atomic E-state index is 12.1. The molecule has 0 aliphatic carbocycles. The highest BCUT2D eigenvalue weighted by molar-refractivity contribution is 7.13. The van der Waals surface area contributed by atoms with Gasteiger partial charge in [0.2, 0.25) is 0 Å². The Morgan fingerprint density at radius 3 is 2.68 bits per heavy atom. The minimum atomic E-state index is -0.110. The zero-order valence-electron chi connectivity index (χ0n) is 11.1. The average Bonchev–Trinajstić information content (AvgIpc) is 2.82. The number of aromatic nitrogens is 1. The predicted octanol–water partition coefficient (Wildman–Crippen LogP) is 3.51.